The molecule has 3 aromatic heterocycles. The van der Waals surface area contributed by atoms with Crippen molar-refractivity contribution in [3.63, 3.8) is 0 Å². The van der Waals surface area contributed by atoms with Crippen LogP contribution >= 0.6 is 0 Å². The number of nitrogens with zero attached hydrogens (tertiary/aromatic N) is 4. The summed E-state index contributed by atoms with van der Waals surface area (Å²) in [5, 5.41) is 3.44. The number of furan rings is 1. The molecule has 9 rings (SSSR count). The first-order chi connectivity index (χ1) is 25.2. The van der Waals surface area contributed by atoms with Gasteiger partial charge in [0.25, 0.3) is 0 Å². The molecule has 0 aliphatic carbocycles. The van der Waals surface area contributed by atoms with E-state index in [4.69, 9.17) is 19.4 Å². The Hall–Kier alpha value is -6.85. The van der Waals surface area contributed by atoms with Crippen LogP contribution in [-0.4, -0.2) is 19.5 Å². The van der Waals surface area contributed by atoms with E-state index >= 15 is 0 Å². The van der Waals surface area contributed by atoms with Gasteiger partial charge in [0, 0.05) is 44.1 Å². The van der Waals surface area contributed by atoms with Crippen LogP contribution in [0.3, 0.4) is 0 Å². The average Bonchev–Trinajstić information content (AvgIpc) is 3.73. The summed E-state index contributed by atoms with van der Waals surface area (Å²) in [5.74, 6) is 2.69. The molecule has 0 radical (unpaired) electrons. The van der Waals surface area contributed by atoms with E-state index in [0.29, 0.717) is 17.5 Å². The van der Waals surface area contributed by atoms with E-state index in [9.17, 15) is 0 Å². The second kappa shape index (κ2) is 12.6. The van der Waals surface area contributed by atoms with Crippen molar-refractivity contribution < 1.29 is 4.42 Å². The summed E-state index contributed by atoms with van der Waals surface area (Å²) in [6.45, 7) is 6.05. The fraction of sp³-hybridized carbons (Fsp3) is 0.0217. The lowest BCUT2D eigenvalue weighted by molar-refractivity contribution is 0.603. The SMILES string of the molecule is C=Cc1oc2ccc3c(c4ccccc4n3-c3cccc(-c4cccc(-c5nc(-c6ccccc6)nc(-c6ccccc6)n5)c4)c3)c2c1/C=C\C. The van der Waals surface area contributed by atoms with Gasteiger partial charge >= 0.3 is 0 Å². The fourth-order valence-corrected chi connectivity index (χ4v) is 7.05. The molecule has 0 aliphatic heterocycles. The van der Waals surface area contributed by atoms with Crippen molar-refractivity contribution in [1.29, 1.82) is 0 Å². The molecular weight excluding hydrogens is 625 g/mol. The van der Waals surface area contributed by atoms with Gasteiger partial charge in [0.15, 0.2) is 17.5 Å². The van der Waals surface area contributed by atoms with Gasteiger partial charge in [0.1, 0.15) is 11.3 Å². The zero-order valence-corrected chi connectivity index (χ0v) is 28.0. The number of aromatic nitrogens is 4. The van der Waals surface area contributed by atoms with Gasteiger partial charge in [-0.25, -0.2) is 15.0 Å². The summed E-state index contributed by atoms with van der Waals surface area (Å²) in [5.41, 5.74) is 10.2. The van der Waals surface area contributed by atoms with E-state index in [1.165, 1.54) is 10.8 Å². The third-order valence-electron chi connectivity index (χ3n) is 9.33. The molecule has 0 aliphatic rings. The van der Waals surface area contributed by atoms with Crippen LogP contribution in [0.1, 0.15) is 18.2 Å². The lowest BCUT2D eigenvalue weighted by atomic mass is 10.0. The number of hydrogen-bond acceptors (Lipinski definition) is 4. The first kappa shape index (κ1) is 30.2. The van der Waals surface area contributed by atoms with Gasteiger partial charge in [-0.2, -0.15) is 0 Å². The van der Waals surface area contributed by atoms with Crippen molar-refractivity contribution in [3.05, 3.63) is 170 Å². The zero-order valence-electron chi connectivity index (χ0n) is 28.0. The number of hydrogen-bond donors (Lipinski definition) is 0. The fourth-order valence-electron chi connectivity index (χ4n) is 7.05. The molecule has 0 unspecified atom stereocenters. The van der Waals surface area contributed by atoms with Crippen LogP contribution < -0.4 is 0 Å². The normalized spacial score (nSPS) is 11.6. The lowest BCUT2D eigenvalue weighted by Crippen LogP contribution is -2.00. The van der Waals surface area contributed by atoms with E-state index in [1.54, 1.807) is 6.08 Å². The summed E-state index contributed by atoms with van der Waals surface area (Å²) in [6.07, 6.45) is 5.95. The monoisotopic (exact) mass is 656 g/mol. The molecule has 0 saturated heterocycles. The van der Waals surface area contributed by atoms with Crippen LogP contribution in [0, 0.1) is 0 Å². The summed E-state index contributed by atoms with van der Waals surface area (Å²) in [6, 6.07) is 50.1. The van der Waals surface area contributed by atoms with Gasteiger partial charge in [-0.3, -0.25) is 0 Å². The number of rotatable bonds is 7. The van der Waals surface area contributed by atoms with Crippen molar-refractivity contribution in [2.24, 2.45) is 0 Å². The first-order valence-corrected chi connectivity index (χ1v) is 17.0. The molecule has 0 saturated carbocycles. The standard InChI is InChI=1S/C46H32N4O/c1-3-15-37-40(4-2)51-41-27-26-39-42(43(37)41)36-24-11-12-25-38(36)50(39)35-23-14-21-33(29-35)32-20-13-22-34(28-32)46-48-44(30-16-7-5-8-17-30)47-45(49-46)31-18-9-6-10-19-31/h3-29H,2H2,1H3/b15-3-. The highest BCUT2D eigenvalue weighted by molar-refractivity contribution is 6.23. The summed E-state index contributed by atoms with van der Waals surface area (Å²) in [7, 11) is 0. The molecule has 51 heavy (non-hydrogen) atoms. The van der Waals surface area contributed by atoms with Crippen LogP contribution in [0.5, 0.6) is 0 Å². The number of para-hydroxylation sites is 1. The van der Waals surface area contributed by atoms with Crippen molar-refractivity contribution in [3.8, 4) is 51.0 Å². The Morgan fingerprint density at radius 3 is 1.82 bits per heavy atom. The quantitative estimate of drug-likeness (QED) is 0.171. The van der Waals surface area contributed by atoms with E-state index in [1.807, 2.05) is 67.6 Å². The summed E-state index contributed by atoms with van der Waals surface area (Å²) in [4.78, 5) is 14.8. The molecule has 242 valence electrons. The Labute approximate surface area is 295 Å². The average molecular weight is 657 g/mol. The molecule has 0 bridgehead atoms. The Morgan fingerprint density at radius 1 is 0.549 bits per heavy atom. The second-order valence-electron chi connectivity index (χ2n) is 12.4. The zero-order chi connectivity index (χ0) is 34.3. The van der Waals surface area contributed by atoms with Crippen molar-refractivity contribution in [1.82, 2.24) is 19.5 Å². The molecular formula is C46H32N4O. The van der Waals surface area contributed by atoms with Crippen LogP contribution in [0.15, 0.2) is 163 Å². The van der Waals surface area contributed by atoms with Gasteiger partial charge in [0.2, 0.25) is 0 Å². The summed E-state index contributed by atoms with van der Waals surface area (Å²) >= 11 is 0. The molecule has 5 heteroatoms. The van der Waals surface area contributed by atoms with Crippen molar-refractivity contribution in [2.75, 3.05) is 0 Å². The maximum Gasteiger partial charge on any atom is 0.164 e. The van der Waals surface area contributed by atoms with Gasteiger partial charge in [0.05, 0.1) is 11.0 Å². The Balaban J connectivity index is 1.19. The minimum Gasteiger partial charge on any atom is -0.456 e. The number of benzene rings is 6. The molecule has 0 atom stereocenters. The lowest BCUT2D eigenvalue weighted by Gasteiger charge is -2.12. The number of fused-ring (bicyclic) bond motifs is 5. The maximum atomic E-state index is 6.27. The van der Waals surface area contributed by atoms with Gasteiger partial charge in [-0.05, 0) is 60.5 Å². The molecule has 0 N–H and O–H groups in total. The van der Waals surface area contributed by atoms with Gasteiger partial charge in [-0.1, -0.05) is 128 Å². The molecule has 0 fully saturated rings. The van der Waals surface area contributed by atoms with Crippen LogP contribution in [0.4, 0.5) is 0 Å². The largest absolute Gasteiger partial charge is 0.456 e. The Bertz CT molecular complexity index is 2720. The topological polar surface area (TPSA) is 56.7 Å². The third kappa shape index (κ3) is 5.23. The van der Waals surface area contributed by atoms with Crippen molar-refractivity contribution >= 4 is 44.9 Å². The smallest absolute Gasteiger partial charge is 0.164 e. The highest BCUT2D eigenvalue weighted by Crippen LogP contribution is 2.41. The van der Waals surface area contributed by atoms with Gasteiger partial charge < -0.3 is 8.98 Å². The predicted octanol–water partition coefficient (Wildman–Crippen LogP) is 12.1. The predicted molar refractivity (Wildman–Crippen MR) is 210 cm³/mol. The first-order valence-electron chi connectivity index (χ1n) is 17.0. The molecule has 3 heterocycles. The molecule has 0 amide bonds. The maximum absolute atomic E-state index is 6.27. The van der Waals surface area contributed by atoms with E-state index in [0.717, 1.165) is 66.8 Å². The highest BCUT2D eigenvalue weighted by atomic mass is 16.3. The van der Waals surface area contributed by atoms with E-state index < -0.39 is 0 Å². The van der Waals surface area contributed by atoms with Crippen LogP contribution in [0.25, 0.3) is 95.9 Å². The van der Waals surface area contributed by atoms with Gasteiger partial charge in [-0.15, -0.1) is 0 Å². The molecule has 5 nitrogen and oxygen atoms in total. The molecule has 9 aromatic rings. The molecule has 6 aromatic carbocycles. The Morgan fingerprint density at radius 2 is 1.14 bits per heavy atom. The Kier molecular flexibility index (Phi) is 7.44. The minimum absolute atomic E-state index is 0.628. The number of allylic oxidation sites excluding steroid dienone is 1. The minimum atomic E-state index is 0.628. The molecule has 0 spiro atoms. The second-order valence-corrected chi connectivity index (χ2v) is 12.4. The third-order valence-corrected chi connectivity index (χ3v) is 9.33. The highest BCUT2D eigenvalue weighted by Gasteiger charge is 2.20. The van der Waals surface area contributed by atoms with Crippen LogP contribution in [0.2, 0.25) is 0 Å². The van der Waals surface area contributed by atoms with Crippen molar-refractivity contribution in [2.45, 2.75) is 6.92 Å². The van der Waals surface area contributed by atoms with E-state index in [-0.39, 0.29) is 0 Å². The summed E-state index contributed by atoms with van der Waals surface area (Å²) < 4.78 is 8.62. The van der Waals surface area contributed by atoms with Crippen LogP contribution in [-0.2, 0) is 0 Å². The van der Waals surface area contributed by atoms with E-state index in [2.05, 4.69) is 108 Å².